The zero-order chi connectivity index (χ0) is 31.2. The third kappa shape index (κ3) is 6.62. The molecule has 0 unspecified atom stereocenters. The fourth-order valence-electron chi connectivity index (χ4n) is 5.52. The van der Waals surface area contributed by atoms with Crippen LogP contribution in [0.3, 0.4) is 0 Å². The van der Waals surface area contributed by atoms with Crippen molar-refractivity contribution in [2.24, 2.45) is 0 Å². The molecule has 2 aromatic carbocycles. The molecule has 0 saturated carbocycles. The van der Waals surface area contributed by atoms with Gasteiger partial charge in [-0.2, -0.15) is 4.98 Å². The Hall–Kier alpha value is -4.93. The highest BCUT2D eigenvalue weighted by Gasteiger charge is 2.20. The van der Waals surface area contributed by atoms with E-state index in [1.54, 1.807) is 6.20 Å². The molecule has 4 aromatic heterocycles. The van der Waals surface area contributed by atoms with Crippen molar-refractivity contribution in [3.63, 3.8) is 0 Å². The molecule has 0 bridgehead atoms. The van der Waals surface area contributed by atoms with Crippen molar-refractivity contribution in [2.45, 2.75) is 26.8 Å². The Morgan fingerprint density at radius 1 is 0.778 bits per heavy atom. The van der Waals surface area contributed by atoms with E-state index in [-0.39, 0.29) is 5.28 Å². The first-order valence-corrected chi connectivity index (χ1v) is 15.6. The van der Waals surface area contributed by atoms with Gasteiger partial charge in [-0.15, -0.1) is 0 Å². The molecule has 0 radical (unpaired) electrons. The van der Waals surface area contributed by atoms with E-state index < -0.39 is 0 Å². The van der Waals surface area contributed by atoms with Crippen LogP contribution in [0, 0.1) is 0 Å². The molecule has 11 heteroatoms. The molecule has 10 nitrogen and oxygen atoms in total. The van der Waals surface area contributed by atoms with Crippen LogP contribution in [0.25, 0.3) is 39.5 Å². The Bertz CT molecular complexity index is 1870. The maximum Gasteiger partial charge on any atom is 0.229 e. The summed E-state index contributed by atoms with van der Waals surface area (Å²) in [5.41, 5.74) is 12.7. The molecule has 0 aliphatic carbocycles. The minimum absolute atomic E-state index is 0.220. The Kier molecular flexibility index (Phi) is 9.23. The van der Waals surface area contributed by atoms with Crippen LogP contribution in [0.15, 0.2) is 91.4 Å². The van der Waals surface area contributed by atoms with Crippen molar-refractivity contribution in [3.05, 3.63) is 102 Å². The highest BCUT2D eigenvalue weighted by molar-refractivity contribution is 6.28. The Morgan fingerprint density at radius 2 is 1.60 bits per heavy atom. The summed E-state index contributed by atoms with van der Waals surface area (Å²) >= 11 is 5.99. The van der Waals surface area contributed by atoms with E-state index in [2.05, 4.69) is 70.7 Å². The molecular weight excluding hydrogens is 584 g/mol. The van der Waals surface area contributed by atoms with Crippen LogP contribution in [-0.4, -0.2) is 65.5 Å². The quantitative estimate of drug-likeness (QED) is 0.229. The van der Waals surface area contributed by atoms with E-state index in [4.69, 9.17) is 27.3 Å². The third-order valence-corrected chi connectivity index (χ3v) is 7.84. The number of nitrogens with zero attached hydrogens (tertiary/aromatic N) is 9. The standard InChI is InChI=1S/C32H29ClN10.C2H6/c33-31-36-21-37-32(40-31)42-17-5-16-41(18-19-42)20-22-9-11-24(12-10-22)43-29(25-8-4-15-35-28(25)34)39-27-14-13-26(38-30(27)43)23-6-2-1-3-7-23;1-2/h1-4,6-15,21H,5,16-20H2,(H2,34,35);1-2H3. The van der Waals surface area contributed by atoms with Crippen LogP contribution >= 0.6 is 11.6 Å². The lowest BCUT2D eigenvalue weighted by Gasteiger charge is -2.22. The predicted molar refractivity (Wildman–Crippen MR) is 180 cm³/mol. The summed E-state index contributed by atoms with van der Waals surface area (Å²) in [6, 6.07) is 26.6. The van der Waals surface area contributed by atoms with E-state index in [0.29, 0.717) is 17.6 Å². The smallest absolute Gasteiger partial charge is 0.229 e. The van der Waals surface area contributed by atoms with Crippen molar-refractivity contribution in [3.8, 4) is 28.3 Å². The minimum Gasteiger partial charge on any atom is -0.383 e. The molecule has 1 saturated heterocycles. The molecule has 0 spiro atoms. The van der Waals surface area contributed by atoms with E-state index >= 15 is 0 Å². The maximum absolute atomic E-state index is 6.33. The van der Waals surface area contributed by atoms with Gasteiger partial charge in [0, 0.05) is 50.2 Å². The van der Waals surface area contributed by atoms with Crippen molar-refractivity contribution >= 4 is 34.5 Å². The third-order valence-electron chi connectivity index (χ3n) is 7.66. The van der Waals surface area contributed by atoms with Crippen molar-refractivity contribution in [1.82, 2.24) is 39.4 Å². The van der Waals surface area contributed by atoms with Crippen molar-refractivity contribution in [1.29, 1.82) is 0 Å². The summed E-state index contributed by atoms with van der Waals surface area (Å²) < 4.78 is 2.07. The molecule has 228 valence electrons. The Balaban J connectivity index is 0.00000175. The van der Waals surface area contributed by atoms with Crippen LogP contribution in [0.1, 0.15) is 25.8 Å². The molecule has 1 aliphatic heterocycles. The van der Waals surface area contributed by atoms with Crippen LogP contribution in [-0.2, 0) is 6.54 Å². The number of rotatable bonds is 6. The normalized spacial score (nSPS) is 13.7. The number of pyridine rings is 2. The summed E-state index contributed by atoms with van der Waals surface area (Å²) in [6.07, 6.45) is 4.16. The lowest BCUT2D eigenvalue weighted by molar-refractivity contribution is 0.285. The average Bonchev–Trinajstić information content (AvgIpc) is 3.30. The van der Waals surface area contributed by atoms with E-state index in [0.717, 1.165) is 72.8 Å². The molecule has 1 aliphatic rings. The Labute approximate surface area is 267 Å². The first-order chi connectivity index (χ1) is 22.1. The number of benzene rings is 2. The summed E-state index contributed by atoms with van der Waals surface area (Å²) in [6.45, 7) is 8.43. The van der Waals surface area contributed by atoms with Gasteiger partial charge in [0.15, 0.2) is 11.5 Å². The van der Waals surface area contributed by atoms with Crippen LogP contribution in [0.4, 0.5) is 11.8 Å². The minimum atomic E-state index is 0.220. The summed E-state index contributed by atoms with van der Waals surface area (Å²) in [4.78, 5) is 31.5. The second kappa shape index (κ2) is 13.8. The lowest BCUT2D eigenvalue weighted by atomic mass is 10.1. The van der Waals surface area contributed by atoms with Crippen LogP contribution in [0.2, 0.25) is 5.28 Å². The van der Waals surface area contributed by atoms with Gasteiger partial charge in [0.1, 0.15) is 17.7 Å². The first kappa shape index (κ1) is 30.1. The Morgan fingerprint density at radius 3 is 2.38 bits per heavy atom. The molecule has 0 amide bonds. The van der Waals surface area contributed by atoms with Gasteiger partial charge in [0.25, 0.3) is 0 Å². The van der Waals surface area contributed by atoms with Gasteiger partial charge in [-0.1, -0.05) is 56.3 Å². The van der Waals surface area contributed by atoms with Gasteiger partial charge >= 0.3 is 0 Å². The highest BCUT2D eigenvalue weighted by Crippen LogP contribution is 2.32. The molecule has 0 atom stereocenters. The number of nitrogen functional groups attached to an aromatic ring is 1. The zero-order valence-electron chi connectivity index (χ0n) is 25.4. The van der Waals surface area contributed by atoms with Gasteiger partial charge in [-0.05, 0) is 60.0 Å². The van der Waals surface area contributed by atoms with Gasteiger partial charge < -0.3 is 10.6 Å². The second-order valence-corrected chi connectivity index (χ2v) is 10.8. The summed E-state index contributed by atoms with van der Waals surface area (Å²) in [5.74, 6) is 1.76. The molecule has 45 heavy (non-hydrogen) atoms. The topological polar surface area (TPSA) is 115 Å². The number of fused-ring (bicyclic) bond motifs is 1. The van der Waals surface area contributed by atoms with Gasteiger partial charge in [0.2, 0.25) is 11.2 Å². The van der Waals surface area contributed by atoms with Crippen LogP contribution in [0.5, 0.6) is 0 Å². The average molecular weight is 619 g/mol. The van der Waals surface area contributed by atoms with Crippen LogP contribution < -0.4 is 10.6 Å². The van der Waals surface area contributed by atoms with Gasteiger partial charge in [0.05, 0.1) is 11.3 Å². The highest BCUT2D eigenvalue weighted by atomic mass is 35.5. The molecule has 5 heterocycles. The number of aromatic nitrogens is 7. The summed E-state index contributed by atoms with van der Waals surface area (Å²) in [5, 5.41) is 0.220. The number of halogens is 1. The number of hydrogen-bond acceptors (Lipinski definition) is 9. The monoisotopic (exact) mass is 618 g/mol. The molecule has 7 rings (SSSR count). The van der Waals surface area contributed by atoms with E-state index in [1.165, 1.54) is 11.9 Å². The molecule has 1 fully saturated rings. The molecule has 2 N–H and O–H groups in total. The largest absolute Gasteiger partial charge is 0.383 e. The van der Waals surface area contributed by atoms with Crippen molar-refractivity contribution < 1.29 is 0 Å². The maximum atomic E-state index is 6.33. The second-order valence-electron chi connectivity index (χ2n) is 10.4. The number of anilines is 2. The van der Waals surface area contributed by atoms with Gasteiger partial charge in [-0.25, -0.2) is 24.9 Å². The molecule has 6 aromatic rings. The lowest BCUT2D eigenvalue weighted by Crippen LogP contribution is -2.31. The first-order valence-electron chi connectivity index (χ1n) is 15.2. The SMILES string of the molecule is CC.Nc1ncccc1-c1nc2ccc(-c3ccccc3)nc2n1-c1ccc(CN2CCCN(c3ncnc(Cl)n3)CC2)cc1. The fourth-order valence-corrected chi connectivity index (χ4v) is 5.64. The predicted octanol–water partition coefficient (Wildman–Crippen LogP) is 6.31. The molecular formula is C34H35ClN10. The van der Waals surface area contributed by atoms with Crippen molar-refractivity contribution in [2.75, 3.05) is 36.8 Å². The number of imidazole rings is 1. The summed E-state index contributed by atoms with van der Waals surface area (Å²) in [7, 11) is 0. The number of nitrogens with two attached hydrogens (primary N) is 1. The fraction of sp³-hybridized carbons (Fsp3) is 0.235. The van der Waals surface area contributed by atoms with Gasteiger partial charge in [-0.3, -0.25) is 9.47 Å². The number of hydrogen-bond donors (Lipinski definition) is 1. The zero-order valence-corrected chi connectivity index (χ0v) is 26.1. The van der Waals surface area contributed by atoms with E-state index in [9.17, 15) is 0 Å². The van der Waals surface area contributed by atoms with E-state index in [1.807, 2.05) is 56.3 Å².